The number of imide groups is 1. The van der Waals surface area contributed by atoms with Gasteiger partial charge in [-0.25, -0.2) is 19.6 Å². The first-order valence-corrected chi connectivity index (χ1v) is 9.75. The number of hydroxylamine groups is 1. The fourth-order valence-electron chi connectivity index (χ4n) is 4.22. The van der Waals surface area contributed by atoms with Crippen LogP contribution in [-0.4, -0.2) is 40.0 Å². The van der Waals surface area contributed by atoms with E-state index in [1.54, 1.807) is 24.5 Å². The maximum Gasteiger partial charge on any atom is 0.325 e. The highest BCUT2D eigenvalue weighted by molar-refractivity contribution is 6.07. The third-order valence-electron chi connectivity index (χ3n) is 5.72. The van der Waals surface area contributed by atoms with Crippen molar-refractivity contribution in [2.24, 2.45) is 5.92 Å². The monoisotopic (exact) mass is 391 g/mol. The molecule has 1 aromatic carbocycles. The number of nitrogens with one attached hydrogen (secondary N) is 2. The van der Waals surface area contributed by atoms with Crippen LogP contribution in [0.5, 0.6) is 0 Å². The minimum Gasteiger partial charge on any atom is -0.326 e. The summed E-state index contributed by atoms with van der Waals surface area (Å²) in [5.41, 5.74) is 2.89. The molecule has 2 atom stereocenters. The Balaban J connectivity index is 1.72. The second kappa shape index (κ2) is 8.68. The number of nitrogens with zero attached hydrogens (tertiary/aromatic N) is 1. The second-order valence-electron chi connectivity index (χ2n) is 7.66. The topological polar surface area (TPSA) is 98.7 Å². The lowest BCUT2D eigenvalue weighted by Crippen LogP contribution is -2.53. The molecule has 1 aliphatic heterocycles. The van der Waals surface area contributed by atoms with E-state index in [1.165, 1.54) is 6.07 Å². The van der Waals surface area contributed by atoms with E-state index in [4.69, 9.17) is 5.21 Å². The van der Waals surface area contributed by atoms with Gasteiger partial charge in [0.05, 0.1) is 0 Å². The first-order chi connectivity index (χ1) is 13.4. The molecule has 1 aromatic rings. The molecule has 7 nitrogen and oxygen atoms in total. The predicted molar refractivity (Wildman–Crippen MR) is 98.9 cm³/mol. The molecule has 0 aromatic heterocycles. The lowest BCUT2D eigenvalue weighted by atomic mass is 9.83. The van der Waals surface area contributed by atoms with Crippen LogP contribution >= 0.6 is 0 Å². The molecule has 152 valence electrons. The number of benzene rings is 1. The number of carbonyl (C=O) groups is 3. The van der Waals surface area contributed by atoms with Crippen LogP contribution < -0.4 is 10.8 Å². The summed E-state index contributed by atoms with van der Waals surface area (Å²) >= 11 is 0. The van der Waals surface area contributed by atoms with Crippen LogP contribution in [0, 0.1) is 18.7 Å². The molecule has 1 saturated heterocycles. The van der Waals surface area contributed by atoms with Gasteiger partial charge in [0.1, 0.15) is 17.9 Å². The number of hydrogen-bond donors (Lipinski definition) is 3. The average Bonchev–Trinajstić information content (AvgIpc) is 2.96. The van der Waals surface area contributed by atoms with Crippen LogP contribution in [0.15, 0.2) is 18.2 Å². The number of urea groups is 1. The normalized spacial score (nSPS) is 21.5. The molecule has 3 N–H and O–H groups in total. The Labute approximate surface area is 163 Å². The molecule has 4 amide bonds. The summed E-state index contributed by atoms with van der Waals surface area (Å²) < 4.78 is 14.0. The molecule has 1 heterocycles. The molecule has 2 unspecified atom stereocenters. The molecule has 0 spiro atoms. The Kier molecular flexibility index (Phi) is 6.28. The second-order valence-corrected chi connectivity index (χ2v) is 7.66. The standard InChI is InChI=1S/C20H26FN3O4/c1-12-7-8-13(15(21)11-12)9-10-16-19(26)24(20(27)22-16)17(18(25)23-28)14-5-3-2-4-6-14/h7-8,11,14,16-17,28H,2-6,9-10H2,1H3,(H,22,27)(H,23,25). The van der Waals surface area contributed by atoms with Crippen molar-refractivity contribution >= 4 is 17.8 Å². The van der Waals surface area contributed by atoms with E-state index in [2.05, 4.69) is 5.32 Å². The number of amides is 4. The van der Waals surface area contributed by atoms with Gasteiger partial charge in [0.25, 0.3) is 11.8 Å². The fraction of sp³-hybridized carbons (Fsp3) is 0.550. The van der Waals surface area contributed by atoms with Crippen molar-refractivity contribution in [2.75, 3.05) is 0 Å². The summed E-state index contributed by atoms with van der Waals surface area (Å²) in [6, 6.07) is 2.42. The SMILES string of the molecule is Cc1ccc(CCC2NC(=O)N(C(C(=O)NO)C3CCCCC3)C2=O)c(F)c1. The van der Waals surface area contributed by atoms with Gasteiger partial charge in [-0.15, -0.1) is 0 Å². The van der Waals surface area contributed by atoms with Gasteiger partial charge in [-0.05, 0) is 55.7 Å². The lowest BCUT2D eigenvalue weighted by Gasteiger charge is -2.33. The predicted octanol–water partition coefficient (Wildman–Crippen LogP) is 2.44. The number of aryl methyl sites for hydroxylation is 2. The molecule has 0 bridgehead atoms. The summed E-state index contributed by atoms with van der Waals surface area (Å²) in [5.74, 6) is -1.77. The molecular formula is C20H26FN3O4. The highest BCUT2D eigenvalue weighted by Crippen LogP contribution is 2.31. The molecule has 2 aliphatic rings. The van der Waals surface area contributed by atoms with Crippen LogP contribution in [0.25, 0.3) is 0 Å². The molecule has 1 saturated carbocycles. The number of carbonyl (C=O) groups excluding carboxylic acids is 3. The van der Waals surface area contributed by atoms with Crippen molar-refractivity contribution in [1.29, 1.82) is 0 Å². The zero-order valence-corrected chi connectivity index (χ0v) is 15.9. The quantitative estimate of drug-likeness (QED) is 0.394. The Morgan fingerprint density at radius 3 is 2.68 bits per heavy atom. The fourth-order valence-corrected chi connectivity index (χ4v) is 4.22. The Morgan fingerprint density at radius 2 is 2.04 bits per heavy atom. The van der Waals surface area contributed by atoms with Gasteiger partial charge >= 0.3 is 6.03 Å². The van der Waals surface area contributed by atoms with Crippen molar-refractivity contribution in [1.82, 2.24) is 15.7 Å². The van der Waals surface area contributed by atoms with Crippen molar-refractivity contribution in [3.8, 4) is 0 Å². The van der Waals surface area contributed by atoms with Crippen molar-refractivity contribution in [2.45, 2.75) is 64.0 Å². The molecular weight excluding hydrogens is 365 g/mol. The molecule has 1 aliphatic carbocycles. The largest absolute Gasteiger partial charge is 0.326 e. The van der Waals surface area contributed by atoms with E-state index in [0.717, 1.165) is 29.7 Å². The summed E-state index contributed by atoms with van der Waals surface area (Å²) in [6.07, 6.45) is 4.84. The van der Waals surface area contributed by atoms with Gasteiger partial charge in [0, 0.05) is 0 Å². The van der Waals surface area contributed by atoms with E-state index >= 15 is 0 Å². The number of halogens is 1. The summed E-state index contributed by atoms with van der Waals surface area (Å²) in [7, 11) is 0. The minimum absolute atomic E-state index is 0.177. The van der Waals surface area contributed by atoms with Gasteiger partial charge in [0.2, 0.25) is 0 Å². The number of rotatable bonds is 6. The van der Waals surface area contributed by atoms with Crippen molar-refractivity contribution in [3.63, 3.8) is 0 Å². The third-order valence-corrected chi connectivity index (χ3v) is 5.72. The lowest BCUT2D eigenvalue weighted by molar-refractivity contribution is -0.143. The van der Waals surface area contributed by atoms with Crippen molar-refractivity contribution in [3.05, 3.63) is 35.1 Å². The first-order valence-electron chi connectivity index (χ1n) is 9.75. The van der Waals surface area contributed by atoms with Crippen LogP contribution in [0.4, 0.5) is 9.18 Å². The summed E-state index contributed by atoms with van der Waals surface area (Å²) in [6.45, 7) is 1.79. The van der Waals surface area contributed by atoms with Crippen LogP contribution in [0.3, 0.4) is 0 Å². The highest BCUT2D eigenvalue weighted by atomic mass is 19.1. The van der Waals surface area contributed by atoms with Crippen molar-refractivity contribution < 1.29 is 24.0 Å². The van der Waals surface area contributed by atoms with Gasteiger partial charge in [-0.1, -0.05) is 31.4 Å². The molecule has 28 heavy (non-hydrogen) atoms. The Morgan fingerprint density at radius 1 is 1.32 bits per heavy atom. The number of hydrogen-bond acceptors (Lipinski definition) is 4. The van der Waals surface area contributed by atoms with Crippen LogP contribution in [-0.2, 0) is 16.0 Å². The van der Waals surface area contributed by atoms with Crippen LogP contribution in [0.1, 0.15) is 49.7 Å². The van der Waals surface area contributed by atoms with E-state index in [-0.39, 0.29) is 24.6 Å². The Hall–Kier alpha value is -2.48. The zero-order valence-electron chi connectivity index (χ0n) is 15.9. The maximum atomic E-state index is 14.0. The molecule has 3 rings (SSSR count). The van der Waals surface area contributed by atoms with E-state index < -0.39 is 29.9 Å². The highest BCUT2D eigenvalue weighted by Gasteiger charge is 2.47. The van der Waals surface area contributed by atoms with Gasteiger partial charge in [-0.3, -0.25) is 14.8 Å². The van der Waals surface area contributed by atoms with Gasteiger partial charge < -0.3 is 5.32 Å². The third kappa shape index (κ3) is 4.16. The van der Waals surface area contributed by atoms with Crippen LogP contribution in [0.2, 0.25) is 0 Å². The average molecular weight is 391 g/mol. The first kappa shape index (κ1) is 20.3. The summed E-state index contributed by atoms with van der Waals surface area (Å²) in [4.78, 5) is 38.6. The summed E-state index contributed by atoms with van der Waals surface area (Å²) in [5, 5.41) is 11.7. The molecule has 8 heteroatoms. The zero-order chi connectivity index (χ0) is 20.3. The Bertz CT molecular complexity index is 764. The maximum absolute atomic E-state index is 14.0. The minimum atomic E-state index is -1.03. The van der Waals surface area contributed by atoms with Gasteiger partial charge in [-0.2, -0.15) is 0 Å². The van der Waals surface area contributed by atoms with E-state index in [9.17, 15) is 18.8 Å². The molecule has 2 fully saturated rings. The van der Waals surface area contributed by atoms with Gasteiger partial charge in [0.15, 0.2) is 0 Å². The molecule has 0 radical (unpaired) electrons. The van der Waals surface area contributed by atoms with E-state index in [0.29, 0.717) is 18.4 Å². The smallest absolute Gasteiger partial charge is 0.325 e. The van der Waals surface area contributed by atoms with E-state index in [1.807, 2.05) is 0 Å².